The van der Waals surface area contributed by atoms with Crippen LogP contribution in [0.1, 0.15) is 12.0 Å². The second-order valence-electron chi connectivity index (χ2n) is 6.05. The summed E-state index contributed by atoms with van der Waals surface area (Å²) in [4.78, 5) is 22.9. The Morgan fingerprint density at radius 1 is 1.00 bits per heavy atom. The van der Waals surface area contributed by atoms with E-state index in [2.05, 4.69) is 0 Å². The quantitative estimate of drug-likeness (QED) is 0.593. The number of para-hydroxylation sites is 1. The lowest BCUT2D eigenvalue weighted by atomic mass is 10.1. The van der Waals surface area contributed by atoms with E-state index in [1.54, 1.807) is 6.07 Å². The molecule has 1 aliphatic rings. The van der Waals surface area contributed by atoms with E-state index in [1.807, 2.05) is 29.2 Å². The number of benzene rings is 2. The van der Waals surface area contributed by atoms with Crippen molar-refractivity contribution in [1.82, 2.24) is 0 Å². The molecule has 1 heterocycles. The van der Waals surface area contributed by atoms with Gasteiger partial charge in [0.25, 0.3) is 0 Å². The van der Waals surface area contributed by atoms with Crippen molar-refractivity contribution in [3.05, 3.63) is 60.2 Å². The van der Waals surface area contributed by atoms with Crippen LogP contribution in [-0.2, 0) is 15.8 Å². The van der Waals surface area contributed by atoms with Gasteiger partial charge < -0.3 is 20.8 Å². The van der Waals surface area contributed by atoms with Gasteiger partial charge in [-0.2, -0.15) is 13.2 Å². The molecule has 10 heteroatoms. The van der Waals surface area contributed by atoms with Gasteiger partial charge in [0.15, 0.2) is 0 Å². The lowest BCUT2D eigenvalue weighted by molar-refractivity contribution is -0.137. The smallest absolute Gasteiger partial charge is 0.416 e. The number of fused-ring (bicyclic) bond motifs is 2. The molecule has 0 bridgehead atoms. The number of nitrogens with zero attached hydrogens (tertiary/aromatic N) is 1. The first-order chi connectivity index (χ1) is 14.1. The molecule has 0 saturated carbocycles. The molecular weight excluding hydrogens is 421 g/mol. The first-order valence-electron chi connectivity index (χ1n) is 8.73. The molecule has 160 valence electrons. The minimum absolute atomic E-state index is 0.500. The average molecular weight is 440 g/mol. The summed E-state index contributed by atoms with van der Waals surface area (Å²) in [6.07, 6.45) is -2.50. The largest absolute Gasteiger partial charge is 0.478 e. The molecule has 30 heavy (non-hydrogen) atoms. The van der Waals surface area contributed by atoms with E-state index in [0.717, 1.165) is 21.5 Å². The molecule has 3 rings (SSSR count). The fourth-order valence-electron chi connectivity index (χ4n) is 2.64. The zero-order chi connectivity index (χ0) is 22.3. The van der Waals surface area contributed by atoms with E-state index in [4.69, 9.17) is 15.9 Å². The number of aliphatic carboxylic acids is 2. The van der Waals surface area contributed by atoms with Gasteiger partial charge in [-0.1, -0.05) is 23.9 Å². The van der Waals surface area contributed by atoms with E-state index in [9.17, 15) is 22.8 Å². The number of alkyl halides is 3. The highest BCUT2D eigenvalue weighted by molar-refractivity contribution is 7.99. The number of carboxylic acids is 2. The zero-order valence-electron chi connectivity index (χ0n) is 15.6. The zero-order valence-corrected chi connectivity index (χ0v) is 16.4. The van der Waals surface area contributed by atoms with Gasteiger partial charge in [-0.25, -0.2) is 9.59 Å². The summed E-state index contributed by atoms with van der Waals surface area (Å²) in [6.45, 7) is 1.10. The van der Waals surface area contributed by atoms with Crippen LogP contribution in [0.2, 0.25) is 0 Å². The van der Waals surface area contributed by atoms with Crippen LogP contribution in [0, 0.1) is 0 Å². The van der Waals surface area contributed by atoms with Crippen molar-refractivity contribution in [3.8, 4) is 0 Å². The molecule has 0 aliphatic carbocycles. The molecule has 0 radical (unpaired) electrons. The SMILES string of the molecule is NCCCN1c2ccccc2Sc2ccc(C(F)(F)F)cc21.O=C(O)/C=C/C(=O)O. The van der Waals surface area contributed by atoms with Crippen molar-refractivity contribution in [2.75, 3.05) is 18.0 Å². The Bertz CT molecular complexity index is 932. The van der Waals surface area contributed by atoms with E-state index in [0.29, 0.717) is 37.3 Å². The molecule has 0 saturated heterocycles. The number of rotatable bonds is 5. The topological polar surface area (TPSA) is 104 Å². The maximum Gasteiger partial charge on any atom is 0.416 e. The number of nitrogens with two attached hydrogens (primary N) is 1. The van der Waals surface area contributed by atoms with E-state index >= 15 is 0 Å². The van der Waals surface area contributed by atoms with E-state index < -0.39 is 23.7 Å². The molecule has 0 atom stereocenters. The molecule has 0 unspecified atom stereocenters. The molecule has 0 amide bonds. The van der Waals surface area contributed by atoms with Crippen LogP contribution in [0.4, 0.5) is 24.5 Å². The summed E-state index contributed by atoms with van der Waals surface area (Å²) in [5, 5.41) is 15.6. The highest BCUT2D eigenvalue weighted by Gasteiger charge is 2.33. The van der Waals surface area contributed by atoms with Gasteiger partial charge in [-0.3, -0.25) is 0 Å². The molecule has 2 aromatic carbocycles. The molecule has 1 aliphatic heterocycles. The van der Waals surface area contributed by atoms with Crippen LogP contribution in [0.15, 0.2) is 64.4 Å². The Kier molecular flexibility index (Phi) is 7.90. The monoisotopic (exact) mass is 440 g/mol. The molecular formula is C20H19F3N2O4S. The Morgan fingerprint density at radius 3 is 2.17 bits per heavy atom. The number of carboxylic acid groups (broad SMARTS) is 2. The standard InChI is InChI=1S/C16H15F3N2S.C4H4O4/c17-16(18,19)11-6-7-15-13(10-11)21(9-3-8-20)12-4-1-2-5-14(12)22-15;5-3(6)1-2-4(7)8/h1-2,4-7,10H,3,8-9,20H2;1-2H,(H,5,6)(H,7,8)/b;2-1+. The maximum atomic E-state index is 13.0. The third-order valence-corrected chi connectivity index (χ3v) is 5.04. The third-order valence-electron chi connectivity index (χ3n) is 3.91. The number of carbonyl (C=O) groups is 2. The minimum atomic E-state index is -4.34. The molecule has 0 spiro atoms. The fourth-order valence-corrected chi connectivity index (χ4v) is 3.71. The van der Waals surface area contributed by atoms with Gasteiger partial charge in [0.2, 0.25) is 0 Å². The van der Waals surface area contributed by atoms with E-state index in [1.165, 1.54) is 17.8 Å². The summed E-state index contributed by atoms with van der Waals surface area (Å²) in [6, 6.07) is 11.7. The maximum absolute atomic E-state index is 13.0. The Morgan fingerprint density at radius 2 is 1.60 bits per heavy atom. The minimum Gasteiger partial charge on any atom is -0.478 e. The van der Waals surface area contributed by atoms with Gasteiger partial charge in [-0.05, 0) is 43.3 Å². The molecule has 4 N–H and O–H groups in total. The van der Waals surface area contributed by atoms with Crippen molar-refractivity contribution >= 4 is 35.1 Å². The number of halogens is 3. The van der Waals surface area contributed by atoms with Crippen molar-refractivity contribution < 1.29 is 33.0 Å². The molecule has 0 fully saturated rings. The summed E-state index contributed by atoms with van der Waals surface area (Å²) >= 11 is 1.50. The van der Waals surface area contributed by atoms with Crippen molar-refractivity contribution in [2.45, 2.75) is 22.4 Å². The molecule has 6 nitrogen and oxygen atoms in total. The third kappa shape index (κ3) is 6.26. The highest BCUT2D eigenvalue weighted by Crippen LogP contribution is 2.49. The summed E-state index contributed by atoms with van der Waals surface area (Å²) < 4.78 is 39.0. The Labute approximate surface area is 174 Å². The average Bonchev–Trinajstić information content (AvgIpc) is 2.69. The van der Waals surface area contributed by atoms with Crippen molar-refractivity contribution in [1.29, 1.82) is 0 Å². The van der Waals surface area contributed by atoms with Crippen LogP contribution in [0.3, 0.4) is 0 Å². The predicted octanol–water partition coefficient (Wildman–Crippen LogP) is 4.37. The van der Waals surface area contributed by atoms with Crippen LogP contribution < -0.4 is 10.6 Å². The van der Waals surface area contributed by atoms with E-state index in [-0.39, 0.29) is 0 Å². The fraction of sp³-hybridized carbons (Fsp3) is 0.200. The lowest BCUT2D eigenvalue weighted by Crippen LogP contribution is -2.24. The van der Waals surface area contributed by atoms with Gasteiger partial charge >= 0.3 is 18.1 Å². The number of hydrogen-bond acceptors (Lipinski definition) is 5. The summed E-state index contributed by atoms with van der Waals surface area (Å²) in [5.74, 6) is -2.51. The Balaban J connectivity index is 0.000000343. The first-order valence-corrected chi connectivity index (χ1v) is 9.54. The van der Waals surface area contributed by atoms with Gasteiger partial charge in [0.1, 0.15) is 0 Å². The number of anilines is 2. The van der Waals surface area contributed by atoms with Gasteiger partial charge in [0.05, 0.1) is 16.9 Å². The normalized spacial score (nSPS) is 12.6. The summed E-state index contributed by atoms with van der Waals surface area (Å²) in [5.41, 5.74) is 6.49. The predicted molar refractivity (Wildman–Crippen MR) is 107 cm³/mol. The van der Waals surface area contributed by atoms with Crippen LogP contribution in [-0.4, -0.2) is 35.2 Å². The summed E-state index contributed by atoms with van der Waals surface area (Å²) in [7, 11) is 0. The van der Waals surface area contributed by atoms with Crippen molar-refractivity contribution in [2.24, 2.45) is 5.73 Å². The van der Waals surface area contributed by atoms with Crippen LogP contribution in [0.5, 0.6) is 0 Å². The highest BCUT2D eigenvalue weighted by atomic mass is 32.2. The van der Waals surface area contributed by atoms with Crippen LogP contribution in [0.25, 0.3) is 0 Å². The molecule has 2 aromatic rings. The number of hydrogen-bond donors (Lipinski definition) is 3. The van der Waals surface area contributed by atoms with Crippen molar-refractivity contribution in [3.63, 3.8) is 0 Å². The van der Waals surface area contributed by atoms with Gasteiger partial charge in [-0.15, -0.1) is 0 Å². The lowest BCUT2D eigenvalue weighted by Gasteiger charge is -2.33. The van der Waals surface area contributed by atoms with Crippen LogP contribution >= 0.6 is 11.8 Å². The Hall–Kier alpha value is -2.98. The first kappa shape index (κ1) is 23.3. The van der Waals surface area contributed by atoms with Gasteiger partial charge in [0, 0.05) is 28.5 Å². The second-order valence-corrected chi connectivity index (χ2v) is 7.14. The second kappa shape index (κ2) is 10.2. The molecule has 0 aromatic heterocycles.